The molecule has 3 heterocycles. The van der Waals surface area contributed by atoms with Crippen LogP contribution in [0.1, 0.15) is 64.1 Å². The predicted molar refractivity (Wildman–Crippen MR) is 137 cm³/mol. The van der Waals surface area contributed by atoms with Crippen LogP contribution < -0.4 is 0 Å². The lowest BCUT2D eigenvalue weighted by Gasteiger charge is -2.29. The summed E-state index contributed by atoms with van der Waals surface area (Å²) in [5.74, 6) is -1.08. The second-order valence-electron chi connectivity index (χ2n) is 11.3. The molecule has 0 saturated carbocycles. The number of sulfone groups is 1. The number of benzene rings is 1. The number of halogens is 1. The highest BCUT2D eigenvalue weighted by Gasteiger charge is 2.31. The van der Waals surface area contributed by atoms with E-state index in [0.29, 0.717) is 38.4 Å². The van der Waals surface area contributed by atoms with Gasteiger partial charge in [0, 0.05) is 31.7 Å². The Morgan fingerprint density at radius 1 is 1.14 bits per heavy atom. The number of ether oxygens (including phenoxy) is 2. The molecule has 0 radical (unpaired) electrons. The van der Waals surface area contributed by atoms with Crippen LogP contribution in [0.5, 0.6) is 0 Å². The number of carbonyl (C=O) groups excluding carboxylic acids is 1. The molecule has 1 amide bonds. The molecular formula is C27H38FN3O5S. The highest BCUT2D eigenvalue weighted by molar-refractivity contribution is 7.90. The number of hydrogen-bond acceptors (Lipinski definition) is 6. The summed E-state index contributed by atoms with van der Waals surface area (Å²) in [4.78, 5) is 19.4. The molecule has 1 aromatic carbocycles. The molecule has 2 atom stereocenters. The molecule has 4 rings (SSSR count). The molecule has 2 aliphatic rings. The van der Waals surface area contributed by atoms with Crippen molar-refractivity contribution in [3.63, 3.8) is 0 Å². The number of rotatable bonds is 10. The van der Waals surface area contributed by atoms with Gasteiger partial charge in [-0.2, -0.15) is 0 Å². The van der Waals surface area contributed by atoms with Gasteiger partial charge in [0.1, 0.15) is 5.82 Å². The van der Waals surface area contributed by atoms with Gasteiger partial charge in [0.25, 0.3) is 0 Å². The summed E-state index contributed by atoms with van der Waals surface area (Å²) < 4.78 is 54.5. The Morgan fingerprint density at radius 2 is 1.81 bits per heavy atom. The molecule has 2 saturated heterocycles. The van der Waals surface area contributed by atoms with Gasteiger partial charge in [-0.1, -0.05) is 39.0 Å². The van der Waals surface area contributed by atoms with Crippen molar-refractivity contribution in [3.8, 4) is 0 Å². The van der Waals surface area contributed by atoms with Crippen molar-refractivity contribution in [2.75, 3.05) is 19.8 Å². The lowest BCUT2D eigenvalue weighted by atomic mass is 9.91. The van der Waals surface area contributed by atoms with Gasteiger partial charge in [0.2, 0.25) is 20.9 Å². The van der Waals surface area contributed by atoms with Crippen LogP contribution in [0.15, 0.2) is 35.6 Å². The zero-order chi connectivity index (χ0) is 26.6. The molecule has 2 fully saturated rings. The lowest BCUT2D eigenvalue weighted by molar-refractivity contribution is -0.135. The Labute approximate surface area is 219 Å². The molecule has 0 bridgehead atoms. The minimum Gasteiger partial charge on any atom is -0.376 e. The maximum absolute atomic E-state index is 14.3. The minimum absolute atomic E-state index is 0.0105. The number of imidazole rings is 1. The third-order valence-corrected chi connectivity index (χ3v) is 8.30. The van der Waals surface area contributed by atoms with Crippen molar-refractivity contribution < 1.29 is 27.1 Å². The molecule has 0 aliphatic carbocycles. The number of hydrogen-bond donors (Lipinski definition) is 0. The SMILES string of the molecule is CC(C)(C)CC(=O)N(Cc1cnc(S(=O)(=O)Cc2ccccc2F)n1C[C@@H]1CCCO1)C[C@@H]1CCCO1. The zero-order valence-electron chi connectivity index (χ0n) is 22.0. The molecule has 37 heavy (non-hydrogen) atoms. The first-order valence-corrected chi connectivity index (χ1v) is 14.7. The van der Waals surface area contributed by atoms with E-state index in [9.17, 15) is 17.6 Å². The molecule has 1 aromatic heterocycles. The smallest absolute Gasteiger partial charge is 0.228 e. The number of aromatic nitrogens is 2. The molecule has 2 aliphatic heterocycles. The van der Waals surface area contributed by atoms with Gasteiger partial charge < -0.3 is 18.9 Å². The minimum atomic E-state index is -3.97. The average Bonchev–Trinajstić information content (AvgIpc) is 3.57. The Hall–Kier alpha value is -2.30. The highest BCUT2D eigenvalue weighted by atomic mass is 32.2. The van der Waals surface area contributed by atoms with Crippen LogP contribution in [-0.2, 0) is 42.9 Å². The number of nitrogens with zero attached hydrogens (tertiary/aromatic N) is 3. The fraction of sp³-hybridized carbons (Fsp3) is 0.630. The second kappa shape index (κ2) is 11.6. The Morgan fingerprint density at radius 3 is 2.43 bits per heavy atom. The third-order valence-electron chi connectivity index (χ3n) is 6.73. The molecule has 0 N–H and O–H groups in total. The summed E-state index contributed by atoms with van der Waals surface area (Å²) in [6.07, 6.45) is 5.26. The largest absolute Gasteiger partial charge is 0.376 e. The van der Waals surface area contributed by atoms with Crippen LogP contribution in [-0.4, -0.2) is 60.7 Å². The van der Waals surface area contributed by atoms with Crippen molar-refractivity contribution in [2.24, 2.45) is 5.41 Å². The van der Waals surface area contributed by atoms with Crippen LogP contribution in [0, 0.1) is 11.2 Å². The monoisotopic (exact) mass is 535 g/mol. The molecular weight excluding hydrogens is 497 g/mol. The molecule has 204 valence electrons. The van der Waals surface area contributed by atoms with Gasteiger partial charge in [-0.25, -0.2) is 17.8 Å². The average molecular weight is 536 g/mol. The first kappa shape index (κ1) is 27.7. The Kier molecular flexibility index (Phi) is 8.70. The van der Waals surface area contributed by atoms with E-state index in [-0.39, 0.29) is 40.8 Å². The van der Waals surface area contributed by atoms with E-state index in [0.717, 1.165) is 25.7 Å². The standard InChI is InChI=1S/C27H38FN3O5S/c1-27(2,3)14-25(32)30(17-22-9-6-12-35-22)16-21-15-29-26(31(21)18-23-10-7-13-36-23)37(33,34)19-20-8-4-5-11-24(20)28/h4-5,8,11,15,22-23H,6-7,9-10,12-14,16-19H2,1-3H3/t22-,23-/m0/s1. The Balaban J connectivity index is 1.65. The third kappa shape index (κ3) is 7.39. The fourth-order valence-electron chi connectivity index (χ4n) is 4.89. The Bertz CT molecular complexity index is 1180. The van der Waals surface area contributed by atoms with E-state index >= 15 is 0 Å². The molecule has 8 nitrogen and oxygen atoms in total. The van der Waals surface area contributed by atoms with Crippen LogP contribution in [0.4, 0.5) is 4.39 Å². The van der Waals surface area contributed by atoms with Crippen molar-refractivity contribution >= 4 is 15.7 Å². The van der Waals surface area contributed by atoms with Gasteiger partial charge in [-0.05, 0) is 37.2 Å². The van der Waals surface area contributed by atoms with Crippen LogP contribution in [0.25, 0.3) is 0 Å². The molecule has 0 unspecified atom stereocenters. The maximum Gasteiger partial charge on any atom is 0.228 e. The predicted octanol–water partition coefficient (Wildman–Crippen LogP) is 4.12. The highest BCUT2D eigenvalue weighted by Crippen LogP contribution is 2.26. The summed E-state index contributed by atoms with van der Waals surface area (Å²) in [7, 11) is -3.97. The lowest BCUT2D eigenvalue weighted by Crippen LogP contribution is -2.39. The van der Waals surface area contributed by atoms with Crippen molar-refractivity contribution in [1.82, 2.24) is 14.5 Å². The van der Waals surface area contributed by atoms with Crippen LogP contribution >= 0.6 is 0 Å². The summed E-state index contributed by atoms with van der Waals surface area (Å²) in [5.41, 5.74) is 0.511. The van der Waals surface area contributed by atoms with Crippen LogP contribution in [0.3, 0.4) is 0 Å². The fourth-order valence-corrected chi connectivity index (χ4v) is 6.40. The first-order valence-electron chi connectivity index (χ1n) is 13.0. The zero-order valence-corrected chi connectivity index (χ0v) is 22.8. The van der Waals surface area contributed by atoms with E-state index in [1.807, 2.05) is 20.8 Å². The van der Waals surface area contributed by atoms with Gasteiger partial charge in [-0.15, -0.1) is 0 Å². The van der Waals surface area contributed by atoms with E-state index in [2.05, 4.69) is 4.98 Å². The molecule has 10 heteroatoms. The first-order chi connectivity index (χ1) is 17.5. The van der Waals surface area contributed by atoms with Gasteiger partial charge >= 0.3 is 0 Å². The van der Waals surface area contributed by atoms with E-state index in [1.54, 1.807) is 15.5 Å². The molecule has 0 spiro atoms. The van der Waals surface area contributed by atoms with E-state index < -0.39 is 21.4 Å². The number of amides is 1. The summed E-state index contributed by atoms with van der Waals surface area (Å²) in [6, 6.07) is 5.86. The summed E-state index contributed by atoms with van der Waals surface area (Å²) in [5, 5.41) is -0.124. The summed E-state index contributed by atoms with van der Waals surface area (Å²) in [6.45, 7) is 8.32. The van der Waals surface area contributed by atoms with E-state index in [4.69, 9.17) is 9.47 Å². The topological polar surface area (TPSA) is 90.7 Å². The maximum atomic E-state index is 14.3. The van der Waals surface area contributed by atoms with Crippen molar-refractivity contribution in [1.29, 1.82) is 0 Å². The van der Waals surface area contributed by atoms with E-state index in [1.165, 1.54) is 24.4 Å². The van der Waals surface area contributed by atoms with Crippen molar-refractivity contribution in [2.45, 2.75) is 89.1 Å². The van der Waals surface area contributed by atoms with Gasteiger partial charge in [0.05, 0.1) is 42.9 Å². The van der Waals surface area contributed by atoms with Gasteiger partial charge in [0.15, 0.2) is 0 Å². The normalized spacial score (nSPS) is 20.4. The van der Waals surface area contributed by atoms with Crippen LogP contribution in [0.2, 0.25) is 0 Å². The van der Waals surface area contributed by atoms with Crippen molar-refractivity contribution in [3.05, 3.63) is 47.5 Å². The quantitative estimate of drug-likeness (QED) is 0.455. The summed E-state index contributed by atoms with van der Waals surface area (Å²) >= 11 is 0. The number of carbonyl (C=O) groups is 1. The molecule has 2 aromatic rings. The second-order valence-corrected chi connectivity index (χ2v) is 13.2. The van der Waals surface area contributed by atoms with Gasteiger partial charge in [-0.3, -0.25) is 4.79 Å².